The maximum absolute atomic E-state index is 11.1. The highest BCUT2D eigenvalue weighted by Gasteiger charge is 2.25. The summed E-state index contributed by atoms with van der Waals surface area (Å²) >= 11 is 0. The third kappa shape index (κ3) is 5.93. The number of carbonyl (C=O) groups excluding carboxylic acids is 1. The Morgan fingerprint density at radius 2 is 1.86 bits per heavy atom. The molecule has 0 aliphatic carbocycles. The molecule has 0 heterocycles. The number of methoxy groups -OCH3 is 1. The summed E-state index contributed by atoms with van der Waals surface area (Å²) in [6.45, 7) is 3.73. The highest BCUT2D eigenvalue weighted by molar-refractivity contribution is 7.86. The normalized spacial score (nSPS) is 14.1. The van der Waals surface area contributed by atoms with Crippen molar-refractivity contribution in [1.82, 2.24) is 0 Å². The second-order valence-electron chi connectivity index (χ2n) is 3.44. The van der Waals surface area contributed by atoms with Gasteiger partial charge in [-0.05, 0) is 12.3 Å². The predicted octanol–water partition coefficient (Wildman–Crippen LogP) is 0.550. The van der Waals surface area contributed by atoms with Crippen molar-refractivity contribution in [3.63, 3.8) is 0 Å². The molecule has 0 aromatic rings. The quantitative estimate of drug-likeness (QED) is 0.504. The van der Waals surface area contributed by atoms with E-state index in [0.717, 1.165) is 6.26 Å². The zero-order valence-corrected chi connectivity index (χ0v) is 9.63. The Morgan fingerprint density at radius 1 is 1.36 bits per heavy atom. The van der Waals surface area contributed by atoms with Crippen molar-refractivity contribution >= 4 is 16.1 Å². The highest BCUT2D eigenvalue weighted by atomic mass is 32.2. The number of esters is 1. The van der Waals surface area contributed by atoms with Gasteiger partial charge in [0.25, 0.3) is 10.1 Å². The molecular formula is C8H16O5S. The van der Waals surface area contributed by atoms with E-state index in [0.29, 0.717) is 6.42 Å². The van der Waals surface area contributed by atoms with E-state index >= 15 is 0 Å². The van der Waals surface area contributed by atoms with E-state index in [1.807, 2.05) is 13.8 Å². The fraction of sp³-hybridized carbons (Fsp3) is 0.875. The molecule has 0 aliphatic rings. The maximum Gasteiger partial charge on any atom is 0.336 e. The van der Waals surface area contributed by atoms with E-state index in [1.54, 1.807) is 0 Å². The van der Waals surface area contributed by atoms with Crippen LogP contribution in [0.5, 0.6) is 0 Å². The Bertz CT molecular complexity index is 280. The summed E-state index contributed by atoms with van der Waals surface area (Å²) in [5.74, 6) is -0.509. The van der Waals surface area contributed by atoms with Gasteiger partial charge in [0.1, 0.15) is 0 Å². The third-order valence-corrected chi connectivity index (χ3v) is 2.02. The van der Waals surface area contributed by atoms with Crippen LogP contribution in [-0.4, -0.2) is 33.9 Å². The zero-order valence-electron chi connectivity index (χ0n) is 8.81. The van der Waals surface area contributed by atoms with E-state index in [9.17, 15) is 13.2 Å². The Morgan fingerprint density at radius 3 is 2.14 bits per heavy atom. The molecule has 1 atom stereocenters. The van der Waals surface area contributed by atoms with Crippen molar-refractivity contribution in [2.45, 2.75) is 26.4 Å². The molecule has 0 amide bonds. The maximum atomic E-state index is 11.1. The molecule has 0 N–H and O–H groups in total. The second kappa shape index (κ2) is 5.31. The fourth-order valence-corrected chi connectivity index (χ4v) is 1.52. The van der Waals surface area contributed by atoms with Gasteiger partial charge in [0, 0.05) is 0 Å². The van der Waals surface area contributed by atoms with Crippen molar-refractivity contribution in [3.05, 3.63) is 0 Å². The second-order valence-corrected chi connectivity index (χ2v) is 5.04. The average molecular weight is 224 g/mol. The number of carbonyl (C=O) groups is 1. The lowest BCUT2D eigenvalue weighted by Crippen LogP contribution is -2.29. The molecule has 0 bridgehead atoms. The van der Waals surface area contributed by atoms with Crippen molar-refractivity contribution in [2.24, 2.45) is 5.92 Å². The van der Waals surface area contributed by atoms with Crippen molar-refractivity contribution < 1.29 is 22.1 Å². The van der Waals surface area contributed by atoms with Gasteiger partial charge in [0.15, 0.2) is 6.10 Å². The Balaban J connectivity index is 4.48. The molecule has 5 nitrogen and oxygen atoms in total. The first-order valence-electron chi connectivity index (χ1n) is 4.22. The van der Waals surface area contributed by atoms with Gasteiger partial charge in [-0.15, -0.1) is 0 Å². The molecule has 0 aromatic carbocycles. The van der Waals surface area contributed by atoms with Crippen molar-refractivity contribution in [3.8, 4) is 0 Å². The van der Waals surface area contributed by atoms with Crippen molar-refractivity contribution in [1.29, 1.82) is 0 Å². The van der Waals surface area contributed by atoms with Gasteiger partial charge < -0.3 is 4.74 Å². The summed E-state index contributed by atoms with van der Waals surface area (Å²) in [5, 5.41) is 0. The molecule has 84 valence electrons. The SMILES string of the molecule is COC(=O)C(CC(C)C)OS(C)(=O)=O. The molecule has 1 unspecified atom stereocenters. The monoisotopic (exact) mass is 224 g/mol. The Kier molecular flexibility index (Phi) is 5.07. The summed E-state index contributed by atoms with van der Waals surface area (Å²) in [5.41, 5.74) is 0. The van der Waals surface area contributed by atoms with E-state index in [1.165, 1.54) is 7.11 Å². The lowest BCUT2D eigenvalue weighted by Gasteiger charge is -2.15. The summed E-state index contributed by atoms with van der Waals surface area (Å²) in [6.07, 6.45) is 0.193. The Labute approximate surface area is 84.5 Å². The largest absolute Gasteiger partial charge is 0.467 e. The number of ether oxygens (including phenoxy) is 1. The van der Waals surface area contributed by atoms with Crippen LogP contribution in [-0.2, 0) is 23.8 Å². The smallest absolute Gasteiger partial charge is 0.336 e. The Hall–Kier alpha value is -0.620. The number of hydrogen-bond acceptors (Lipinski definition) is 5. The number of rotatable bonds is 5. The summed E-state index contributed by atoms with van der Waals surface area (Å²) in [7, 11) is -2.43. The van der Waals surface area contributed by atoms with Gasteiger partial charge in [-0.1, -0.05) is 13.8 Å². The minimum Gasteiger partial charge on any atom is -0.467 e. The lowest BCUT2D eigenvalue weighted by molar-refractivity contribution is -0.149. The van der Waals surface area contributed by atoms with E-state index in [4.69, 9.17) is 0 Å². The average Bonchev–Trinajstić information content (AvgIpc) is 1.98. The predicted molar refractivity (Wildman–Crippen MR) is 51.2 cm³/mol. The number of hydrogen-bond donors (Lipinski definition) is 0. The minimum absolute atomic E-state index is 0.154. The summed E-state index contributed by atoms with van der Waals surface area (Å²) in [4.78, 5) is 11.1. The van der Waals surface area contributed by atoms with Gasteiger partial charge in [-0.2, -0.15) is 8.42 Å². The molecular weight excluding hydrogens is 208 g/mol. The van der Waals surface area contributed by atoms with E-state index in [2.05, 4.69) is 8.92 Å². The van der Waals surface area contributed by atoms with Gasteiger partial charge >= 0.3 is 5.97 Å². The first-order chi connectivity index (χ1) is 6.26. The molecule has 6 heteroatoms. The van der Waals surface area contributed by atoms with E-state index in [-0.39, 0.29) is 5.92 Å². The van der Waals surface area contributed by atoms with Crippen LogP contribution in [0.2, 0.25) is 0 Å². The molecule has 0 radical (unpaired) electrons. The third-order valence-electron chi connectivity index (χ3n) is 1.44. The summed E-state index contributed by atoms with van der Waals surface area (Å²) in [6, 6.07) is 0. The molecule has 0 fully saturated rings. The molecule has 14 heavy (non-hydrogen) atoms. The molecule has 0 spiro atoms. The molecule has 0 saturated heterocycles. The van der Waals surface area contributed by atoms with Crippen LogP contribution in [0.15, 0.2) is 0 Å². The highest BCUT2D eigenvalue weighted by Crippen LogP contribution is 2.11. The minimum atomic E-state index is -3.62. The topological polar surface area (TPSA) is 69.7 Å². The van der Waals surface area contributed by atoms with Gasteiger partial charge in [0.2, 0.25) is 0 Å². The molecule has 0 rings (SSSR count). The van der Waals surface area contributed by atoms with Crippen LogP contribution in [0.3, 0.4) is 0 Å². The van der Waals surface area contributed by atoms with Crippen LogP contribution in [0.4, 0.5) is 0 Å². The van der Waals surface area contributed by atoms with Crippen LogP contribution in [0, 0.1) is 5.92 Å². The first-order valence-corrected chi connectivity index (χ1v) is 6.04. The van der Waals surface area contributed by atoms with Gasteiger partial charge in [-0.3, -0.25) is 4.18 Å². The molecule has 0 saturated carbocycles. The standard InChI is InChI=1S/C8H16O5S/c1-6(2)5-7(8(9)12-3)13-14(4,10)11/h6-7H,5H2,1-4H3. The van der Waals surface area contributed by atoms with Crippen LogP contribution in [0.25, 0.3) is 0 Å². The summed E-state index contributed by atoms with van der Waals surface area (Å²) < 4.78 is 30.7. The van der Waals surface area contributed by atoms with Crippen LogP contribution in [0.1, 0.15) is 20.3 Å². The fourth-order valence-electron chi connectivity index (χ4n) is 0.945. The van der Waals surface area contributed by atoms with E-state index < -0.39 is 22.2 Å². The van der Waals surface area contributed by atoms with Gasteiger partial charge in [-0.25, -0.2) is 4.79 Å². The zero-order chi connectivity index (χ0) is 11.4. The van der Waals surface area contributed by atoms with Gasteiger partial charge in [0.05, 0.1) is 13.4 Å². The molecule has 0 aliphatic heterocycles. The molecule has 0 aromatic heterocycles. The van der Waals surface area contributed by atoms with Crippen LogP contribution >= 0.6 is 0 Å². The first kappa shape index (κ1) is 13.4. The van der Waals surface area contributed by atoms with Crippen LogP contribution < -0.4 is 0 Å². The lowest BCUT2D eigenvalue weighted by atomic mass is 10.1. The van der Waals surface area contributed by atoms with Crippen molar-refractivity contribution in [2.75, 3.05) is 13.4 Å².